The molecular formula is C28H44N2O5S. The number of ether oxygens (including phenoxy) is 1. The second-order valence-electron chi connectivity index (χ2n) is 12.7. The maximum atomic E-state index is 14.6. The Balaban J connectivity index is 2.12. The van der Waals surface area contributed by atoms with Crippen molar-refractivity contribution in [3.05, 3.63) is 25.3 Å². The highest BCUT2D eigenvalue weighted by Gasteiger charge is 2.78. The molecule has 2 bridgehead atoms. The van der Waals surface area contributed by atoms with Crippen molar-refractivity contribution in [1.29, 1.82) is 0 Å². The minimum Gasteiger partial charge on any atom is -0.461 e. The van der Waals surface area contributed by atoms with Crippen molar-refractivity contribution in [2.45, 2.75) is 94.8 Å². The van der Waals surface area contributed by atoms with Crippen LogP contribution >= 0.6 is 11.8 Å². The largest absolute Gasteiger partial charge is 0.461 e. The van der Waals surface area contributed by atoms with Gasteiger partial charge in [-0.05, 0) is 52.4 Å². The Kier molecular flexibility index (Phi) is 7.85. The standard InChI is InChI=1S/C28H44N2O5S/c1-10-14-29(26(7,8)17-25(4,5)6)23(33)21-28-13-12-27(9,36-28)20(24(34)35-15-11-2)19(28)22(32)30(21)18(3)16-31/h10-11,18-21,31H,1-2,12-17H2,3-9H3/t18-,19+,20+,21?,27-,28?/m1/s1. The summed E-state index contributed by atoms with van der Waals surface area (Å²) in [5.74, 6) is -2.11. The second kappa shape index (κ2) is 9.82. The van der Waals surface area contributed by atoms with Gasteiger partial charge in [-0.15, -0.1) is 18.3 Å². The first-order valence-corrected chi connectivity index (χ1v) is 13.7. The van der Waals surface area contributed by atoms with Gasteiger partial charge in [-0.25, -0.2) is 0 Å². The first-order valence-electron chi connectivity index (χ1n) is 12.9. The molecule has 8 heteroatoms. The molecule has 3 aliphatic heterocycles. The third-order valence-electron chi connectivity index (χ3n) is 8.06. The highest BCUT2D eigenvalue weighted by Crippen LogP contribution is 2.71. The predicted octanol–water partition coefficient (Wildman–Crippen LogP) is 3.81. The number of likely N-dealkylation sites (tertiary alicyclic amines) is 1. The van der Waals surface area contributed by atoms with Gasteiger partial charge >= 0.3 is 5.97 Å². The molecule has 1 spiro atoms. The zero-order chi connectivity index (χ0) is 27.3. The van der Waals surface area contributed by atoms with Gasteiger partial charge in [0.1, 0.15) is 12.6 Å². The summed E-state index contributed by atoms with van der Waals surface area (Å²) in [4.78, 5) is 45.3. The van der Waals surface area contributed by atoms with Gasteiger partial charge in [-0.1, -0.05) is 39.5 Å². The minimum atomic E-state index is -0.777. The van der Waals surface area contributed by atoms with Gasteiger partial charge in [0, 0.05) is 16.8 Å². The first-order chi connectivity index (χ1) is 16.6. The molecule has 36 heavy (non-hydrogen) atoms. The predicted molar refractivity (Wildman–Crippen MR) is 143 cm³/mol. The van der Waals surface area contributed by atoms with Crippen molar-refractivity contribution >= 4 is 29.5 Å². The van der Waals surface area contributed by atoms with Gasteiger partial charge in [-0.2, -0.15) is 0 Å². The first kappa shape index (κ1) is 28.8. The molecular weight excluding hydrogens is 476 g/mol. The number of rotatable bonds is 10. The summed E-state index contributed by atoms with van der Waals surface area (Å²) in [7, 11) is 0. The highest BCUT2D eigenvalue weighted by atomic mass is 32.2. The van der Waals surface area contributed by atoms with E-state index in [-0.39, 0.29) is 30.4 Å². The van der Waals surface area contributed by atoms with Crippen molar-refractivity contribution in [3.63, 3.8) is 0 Å². The number of aliphatic hydroxyl groups is 1. The van der Waals surface area contributed by atoms with E-state index >= 15 is 0 Å². The number of fused-ring (bicyclic) bond motifs is 1. The van der Waals surface area contributed by atoms with E-state index in [2.05, 4.69) is 47.8 Å². The Morgan fingerprint density at radius 2 is 1.89 bits per heavy atom. The Morgan fingerprint density at radius 1 is 1.25 bits per heavy atom. The van der Waals surface area contributed by atoms with Crippen molar-refractivity contribution in [1.82, 2.24) is 9.80 Å². The fourth-order valence-electron chi connectivity index (χ4n) is 7.10. The third-order valence-corrected chi connectivity index (χ3v) is 10.0. The zero-order valence-electron chi connectivity index (χ0n) is 23.0. The molecule has 1 N–H and O–H groups in total. The molecule has 3 saturated heterocycles. The van der Waals surface area contributed by atoms with E-state index in [1.54, 1.807) is 29.7 Å². The van der Waals surface area contributed by atoms with E-state index in [9.17, 15) is 19.5 Å². The number of amides is 2. The number of thioether (sulfide) groups is 1. The lowest BCUT2D eigenvalue weighted by atomic mass is 9.66. The van der Waals surface area contributed by atoms with Crippen LogP contribution in [0, 0.1) is 17.3 Å². The summed E-state index contributed by atoms with van der Waals surface area (Å²) >= 11 is 1.61. The van der Waals surface area contributed by atoms with Crippen LogP contribution in [0.25, 0.3) is 0 Å². The molecule has 3 aliphatic rings. The van der Waals surface area contributed by atoms with Gasteiger partial charge in [0.05, 0.1) is 29.2 Å². The summed E-state index contributed by atoms with van der Waals surface area (Å²) in [6.45, 7) is 22.0. The fraction of sp³-hybridized carbons (Fsp3) is 0.750. The molecule has 2 unspecified atom stereocenters. The lowest BCUT2D eigenvalue weighted by Gasteiger charge is -2.46. The van der Waals surface area contributed by atoms with Crippen molar-refractivity contribution in [3.8, 4) is 0 Å². The summed E-state index contributed by atoms with van der Waals surface area (Å²) in [5.41, 5.74) is -0.523. The van der Waals surface area contributed by atoms with Gasteiger partial charge in [-0.3, -0.25) is 14.4 Å². The quantitative estimate of drug-likeness (QED) is 0.348. The molecule has 7 nitrogen and oxygen atoms in total. The molecule has 2 amide bonds. The summed E-state index contributed by atoms with van der Waals surface area (Å²) in [6.07, 6.45) is 5.37. The number of nitrogens with zero attached hydrogens (tertiary/aromatic N) is 2. The molecule has 0 radical (unpaired) electrons. The Morgan fingerprint density at radius 3 is 2.42 bits per heavy atom. The normalized spacial score (nSPS) is 32.3. The molecule has 0 aromatic heterocycles. The molecule has 6 atom stereocenters. The Hall–Kier alpha value is -1.80. The Labute approximate surface area is 220 Å². The van der Waals surface area contributed by atoms with Crippen LogP contribution in [0.4, 0.5) is 0 Å². The van der Waals surface area contributed by atoms with Gasteiger partial charge < -0.3 is 19.6 Å². The number of carbonyl (C=O) groups excluding carboxylic acids is 3. The molecule has 0 saturated carbocycles. The van der Waals surface area contributed by atoms with E-state index in [0.29, 0.717) is 19.4 Å². The second-order valence-corrected chi connectivity index (χ2v) is 14.6. The van der Waals surface area contributed by atoms with E-state index in [1.165, 1.54) is 6.08 Å². The molecule has 0 aliphatic carbocycles. The lowest BCUT2D eigenvalue weighted by Crippen LogP contribution is -2.61. The van der Waals surface area contributed by atoms with Crippen LogP contribution in [-0.4, -0.2) is 79.6 Å². The number of hydrogen-bond acceptors (Lipinski definition) is 6. The maximum absolute atomic E-state index is 14.6. The molecule has 3 heterocycles. The molecule has 202 valence electrons. The monoisotopic (exact) mass is 520 g/mol. The number of aliphatic hydroxyl groups excluding tert-OH is 1. The molecule has 0 aromatic carbocycles. The molecule has 0 aromatic rings. The van der Waals surface area contributed by atoms with E-state index < -0.39 is 44.9 Å². The average Bonchev–Trinajstić information content (AvgIpc) is 3.33. The topological polar surface area (TPSA) is 87.1 Å². The fourth-order valence-corrected chi connectivity index (χ4v) is 9.42. The van der Waals surface area contributed by atoms with Crippen LogP contribution < -0.4 is 0 Å². The van der Waals surface area contributed by atoms with Crippen molar-refractivity contribution in [2.24, 2.45) is 17.3 Å². The number of hydrogen-bond donors (Lipinski definition) is 1. The highest BCUT2D eigenvalue weighted by molar-refractivity contribution is 8.02. The van der Waals surface area contributed by atoms with Crippen LogP contribution in [0.1, 0.15) is 67.7 Å². The lowest BCUT2D eigenvalue weighted by molar-refractivity contribution is -0.155. The van der Waals surface area contributed by atoms with Gasteiger partial charge in [0.2, 0.25) is 11.8 Å². The minimum absolute atomic E-state index is 0.0262. The zero-order valence-corrected chi connectivity index (χ0v) is 23.8. The summed E-state index contributed by atoms with van der Waals surface area (Å²) < 4.78 is 4.22. The van der Waals surface area contributed by atoms with Crippen LogP contribution in [-0.2, 0) is 19.1 Å². The third kappa shape index (κ3) is 4.64. The number of carbonyl (C=O) groups is 3. The van der Waals surface area contributed by atoms with E-state index in [4.69, 9.17) is 4.74 Å². The van der Waals surface area contributed by atoms with Crippen molar-refractivity contribution in [2.75, 3.05) is 19.8 Å². The van der Waals surface area contributed by atoms with Crippen molar-refractivity contribution < 1.29 is 24.2 Å². The SMILES string of the molecule is C=CCOC(=O)[C@@H]1[C@H]2C(=O)N([C@H](C)CO)C(C(=O)N(CC=C)C(C)(C)CC(C)(C)C)C23CC[C@@]1(C)S3. The number of esters is 1. The van der Waals surface area contributed by atoms with Crippen LogP contribution in [0.3, 0.4) is 0 Å². The molecule has 3 rings (SSSR count). The Bertz CT molecular complexity index is 927. The van der Waals surface area contributed by atoms with Gasteiger partial charge in [0.15, 0.2) is 0 Å². The summed E-state index contributed by atoms with van der Waals surface area (Å²) in [6, 6.07) is -1.33. The van der Waals surface area contributed by atoms with E-state index in [0.717, 1.165) is 6.42 Å². The molecule has 3 fully saturated rings. The maximum Gasteiger partial charge on any atom is 0.311 e. The van der Waals surface area contributed by atoms with Crippen LogP contribution in [0.5, 0.6) is 0 Å². The smallest absolute Gasteiger partial charge is 0.311 e. The van der Waals surface area contributed by atoms with Crippen LogP contribution in [0.2, 0.25) is 0 Å². The van der Waals surface area contributed by atoms with Crippen LogP contribution in [0.15, 0.2) is 25.3 Å². The summed E-state index contributed by atoms with van der Waals surface area (Å²) in [5, 5.41) is 10.1. The average molecular weight is 521 g/mol. The van der Waals surface area contributed by atoms with Gasteiger partial charge in [0.25, 0.3) is 0 Å². The van der Waals surface area contributed by atoms with E-state index in [1.807, 2.05) is 11.8 Å².